The minimum Gasteiger partial charge on any atom is -0.481 e. The number of Topliss-reactive ketones (excluding diaryl/α,β-unsaturated/α-hetero) is 1. The van der Waals surface area contributed by atoms with Gasteiger partial charge < -0.3 is 15.6 Å². The molecular formula is C10H18NO5+. The molecule has 0 aliphatic heterocycles. The van der Waals surface area contributed by atoms with E-state index >= 15 is 0 Å². The van der Waals surface area contributed by atoms with Crippen LogP contribution in [0.15, 0.2) is 0 Å². The Balaban J connectivity index is 3.37. The Labute approximate surface area is 93.8 Å². The summed E-state index contributed by atoms with van der Waals surface area (Å²) >= 11 is 0. The van der Waals surface area contributed by atoms with Crippen LogP contribution >= 0.6 is 0 Å². The molecule has 0 aromatic rings. The van der Waals surface area contributed by atoms with Gasteiger partial charge in [0.2, 0.25) is 0 Å². The second-order valence-corrected chi connectivity index (χ2v) is 3.36. The maximum Gasteiger partial charge on any atom is 0.306 e. The van der Waals surface area contributed by atoms with Gasteiger partial charge in [0.05, 0.1) is 13.0 Å². The molecule has 0 fully saturated rings. The molecule has 0 saturated carbocycles. The Morgan fingerprint density at radius 2 is 1.75 bits per heavy atom. The highest BCUT2D eigenvalue weighted by molar-refractivity contribution is 5.83. The summed E-state index contributed by atoms with van der Waals surface area (Å²) in [7, 11) is 0. The number of esters is 1. The number of hydrogen-bond acceptors (Lipinski definition) is 4. The van der Waals surface area contributed by atoms with E-state index in [1.54, 1.807) is 0 Å². The molecule has 0 radical (unpaired) electrons. The molecule has 0 aliphatic carbocycles. The average molecular weight is 232 g/mol. The van der Waals surface area contributed by atoms with Crippen molar-refractivity contribution in [1.82, 2.24) is 0 Å². The summed E-state index contributed by atoms with van der Waals surface area (Å²) in [4.78, 5) is 32.0. The van der Waals surface area contributed by atoms with Gasteiger partial charge in [-0.3, -0.25) is 14.4 Å². The largest absolute Gasteiger partial charge is 0.481 e. The lowest BCUT2D eigenvalue weighted by Gasteiger charge is -2.02. The zero-order chi connectivity index (χ0) is 12.4. The van der Waals surface area contributed by atoms with Crippen molar-refractivity contribution in [2.75, 3.05) is 13.2 Å². The number of ketones is 1. The quantitative estimate of drug-likeness (QED) is 0.406. The van der Waals surface area contributed by atoms with Crippen molar-refractivity contribution in [3.05, 3.63) is 0 Å². The van der Waals surface area contributed by atoms with E-state index < -0.39 is 11.9 Å². The Bertz CT molecular complexity index is 252. The van der Waals surface area contributed by atoms with Crippen molar-refractivity contribution in [2.45, 2.75) is 32.1 Å². The minimum absolute atomic E-state index is 0.0668. The molecule has 16 heavy (non-hydrogen) atoms. The molecule has 6 heteroatoms. The van der Waals surface area contributed by atoms with E-state index in [-0.39, 0.29) is 38.2 Å². The van der Waals surface area contributed by atoms with Gasteiger partial charge in [0.15, 0.2) is 5.78 Å². The number of carbonyl (C=O) groups excluding carboxylic acids is 2. The van der Waals surface area contributed by atoms with Gasteiger partial charge >= 0.3 is 11.9 Å². The van der Waals surface area contributed by atoms with Crippen molar-refractivity contribution < 1.29 is 30.0 Å². The standard InChI is InChI=1S/C10H17NO5/c11-7-8(12)4-5-10(15)16-6-2-1-3-9(13)14/h1-7,11H2,(H,13,14)/p+1. The number of carboxylic acid groups (broad SMARTS) is 1. The monoisotopic (exact) mass is 232 g/mol. The fraction of sp³-hybridized carbons (Fsp3) is 0.700. The van der Waals surface area contributed by atoms with Gasteiger partial charge in [-0.05, 0) is 12.8 Å². The predicted molar refractivity (Wildman–Crippen MR) is 54.4 cm³/mol. The van der Waals surface area contributed by atoms with Gasteiger partial charge in [0.1, 0.15) is 6.54 Å². The molecular weight excluding hydrogens is 214 g/mol. The SMILES string of the molecule is [NH3+]CC(=O)CCC(=O)OCCCCC(=O)O. The summed E-state index contributed by atoms with van der Waals surface area (Å²) in [6, 6.07) is 0. The first-order valence-electron chi connectivity index (χ1n) is 5.24. The van der Waals surface area contributed by atoms with Crippen LogP contribution in [0.25, 0.3) is 0 Å². The lowest BCUT2D eigenvalue weighted by Crippen LogP contribution is -2.54. The number of rotatable bonds is 9. The molecule has 92 valence electrons. The molecule has 0 aromatic heterocycles. The fourth-order valence-corrected chi connectivity index (χ4v) is 1.00. The highest BCUT2D eigenvalue weighted by Crippen LogP contribution is 1.98. The molecule has 0 aromatic carbocycles. The summed E-state index contributed by atoms with van der Waals surface area (Å²) in [6.45, 7) is 0.399. The summed E-state index contributed by atoms with van der Waals surface area (Å²) in [5.41, 5.74) is 3.41. The number of carbonyl (C=O) groups is 3. The molecule has 0 atom stereocenters. The van der Waals surface area contributed by atoms with E-state index in [2.05, 4.69) is 5.73 Å². The van der Waals surface area contributed by atoms with Gasteiger partial charge in [0.25, 0.3) is 0 Å². The molecule has 0 saturated heterocycles. The number of ether oxygens (including phenoxy) is 1. The number of hydrogen-bond donors (Lipinski definition) is 2. The van der Waals surface area contributed by atoms with Gasteiger partial charge in [0, 0.05) is 12.8 Å². The van der Waals surface area contributed by atoms with Crippen molar-refractivity contribution in [3.8, 4) is 0 Å². The highest BCUT2D eigenvalue weighted by Gasteiger charge is 2.07. The van der Waals surface area contributed by atoms with Gasteiger partial charge in [-0.1, -0.05) is 0 Å². The van der Waals surface area contributed by atoms with Gasteiger partial charge in [-0.15, -0.1) is 0 Å². The number of quaternary nitrogens is 1. The maximum atomic E-state index is 11.0. The average Bonchev–Trinajstić information content (AvgIpc) is 2.24. The Morgan fingerprint density at radius 1 is 1.06 bits per heavy atom. The van der Waals surface area contributed by atoms with Crippen LogP contribution in [0.2, 0.25) is 0 Å². The number of unbranched alkanes of at least 4 members (excludes halogenated alkanes) is 1. The third-order valence-corrected chi connectivity index (χ3v) is 1.93. The van der Waals surface area contributed by atoms with Crippen molar-refractivity contribution in [2.24, 2.45) is 0 Å². The fourth-order valence-electron chi connectivity index (χ4n) is 1.00. The second-order valence-electron chi connectivity index (χ2n) is 3.36. The molecule has 6 nitrogen and oxygen atoms in total. The summed E-state index contributed by atoms with van der Waals surface area (Å²) in [5, 5.41) is 8.34. The van der Waals surface area contributed by atoms with Crippen LogP contribution in [-0.2, 0) is 19.1 Å². The van der Waals surface area contributed by atoms with E-state index in [1.807, 2.05) is 0 Å². The molecule has 0 aliphatic rings. The van der Waals surface area contributed by atoms with Gasteiger partial charge in [-0.25, -0.2) is 0 Å². The van der Waals surface area contributed by atoms with Crippen molar-refractivity contribution >= 4 is 17.7 Å². The van der Waals surface area contributed by atoms with Crippen LogP contribution in [0.1, 0.15) is 32.1 Å². The smallest absolute Gasteiger partial charge is 0.306 e. The van der Waals surface area contributed by atoms with Crippen LogP contribution in [0.4, 0.5) is 0 Å². The van der Waals surface area contributed by atoms with Gasteiger partial charge in [-0.2, -0.15) is 0 Å². The minimum atomic E-state index is -0.854. The van der Waals surface area contributed by atoms with Crippen LogP contribution in [-0.4, -0.2) is 36.0 Å². The number of carboxylic acids is 1. The first-order valence-corrected chi connectivity index (χ1v) is 5.24. The Hall–Kier alpha value is -1.43. The molecule has 0 bridgehead atoms. The van der Waals surface area contributed by atoms with Crippen LogP contribution in [0, 0.1) is 0 Å². The maximum absolute atomic E-state index is 11.0. The van der Waals surface area contributed by atoms with Crippen LogP contribution in [0.3, 0.4) is 0 Å². The normalized spacial score (nSPS) is 9.81. The molecule has 4 N–H and O–H groups in total. The van der Waals surface area contributed by atoms with E-state index in [1.165, 1.54) is 0 Å². The zero-order valence-corrected chi connectivity index (χ0v) is 9.24. The topological polar surface area (TPSA) is 108 Å². The van der Waals surface area contributed by atoms with E-state index in [4.69, 9.17) is 9.84 Å². The van der Waals surface area contributed by atoms with Crippen LogP contribution < -0.4 is 5.73 Å². The third kappa shape index (κ3) is 9.14. The second kappa shape index (κ2) is 8.84. The predicted octanol–water partition coefficient (Wildman–Crippen LogP) is -0.624. The van der Waals surface area contributed by atoms with Crippen molar-refractivity contribution in [3.63, 3.8) is 0 Å². The van der Waals surface area contributed by atoms with Crippen molar-refractivity contribution in [1.29, 1.82) is 0 Å². The molecule has 0 unspecified atom stereocenters. The first kappa shape index (κ1) is 14.6. The van der Waals surface area contributed by atoms with Crippen LogP contribution in [0.5, 0.6) is 0 Å². The summed E-state index contributed by atoms with van der Waals surface area (Å²) in [5.74, 6) is -1.34. The van der Waals surface area contributed by atoms with E-state index in [0.717, 1.165) is 0 Å². The lowest BCUT2D eigenvalue weighted by molar-refractivity contribution is -0.354. The Kier molecular flexibility index (Phi) is 8.05. The molecule has 0 amide bonds. The first-order chi connectivity index (χ1) is 7.56. The molecule has 0 spiro atoms. The molecule has 0 heterocycles. The summed E-state index contributed by atoms with van der Waals surface area (Å²) < 4.78 is 4.81. The lowest BCUT2D eigenvalue weighted by atomic mass is 10.2. The summed E-state index contributed by atoms with van der Waals surface area (Å²) in [6.07, 6.45) is 1.34. The van der Waals surface area contributed by atoms with E-state index in [9.17, 15) is 14.4 Å². The third-order valence-electron chi connectivity index (χ3n) is 1.93. The highest BCUT2D eigenvalue weighted by atomic mass is 16.5. The zero-order valence-electron chi connectivity index (χ0n) is 9.24. The van der Waals surface area contributed by atoms with E-state index in [0.29, 0.717) is 12.8 Å². The molecule has 0 rings (SSSR count). The number of aliphatic carboxylic acids is 1. The Morgan fingerprint density at radius 3 is 2.31 bits per heavy atom.